The number of hydrogen-bond donors (Lipinski definition) is 2. The molecule has 1 saturated heterocycles. The van der Waals surface area contributed by atoms with Crippen LogP contribution in [0.2, 0.25) is 0 Å². The van der Waals surface area contributed by atoms with Crippen molar-refractivity contribution >= 4 is 17.7 Å². The molecule has 0 aromatic carbocycles. The van der Waals surface area contributed by atoms with Crippen LogP contribution in [0.5, 0.6) is 0 Å². The second-order valence-corrected chi connectivity index (χ2v) is 5.71. The van der Waals surface area contributed by atoms with Gasteiger partial charge in [0.15, 0.2) is 0 Å². The summed E-state index contributed by atoms with van der Waals surface area (Å²) in [5.41, 5.74) is 0. The normalized spacial score (nSPS) is 20.9. The lowest BCUT2D eigenvalue weighted by atomic mass is 10.1. The number of rotatable bonds is 6. The van der Waals surface area contributed by atoms with Crippen LogP contribution in [0.4, 0.5) is 0 Å². The molecule has 3 nitrogen and oxygen atoms in total. The minimum atomic E-state index is 0.120. The minimum absolute atomic E-state index is 0.120. The standard InChI is InChI=1S/C11H22N2OS/c1-9(2)5-13-11(14)7-12-6-10-3-4-15-8-10/h9-10,12H,3-8H2,1-2H3,(H,13,14). The maximum atomic E-state index is 11.3. The van der Waals surface area contributed by atoms with Crippen molar-refractivity contribution in [1.82, 2.24) is 10.6 Å². The summed E-state index contributed by atoms with van der Waals surface area (Å²) in [7, 11) is 0. The van der Waals surface area contributed by atoms with E-state index in [1.165, 1.54) is 17.9 Å². The highest BCUT2D eigenvalue weighted by Crippen LogP contribution is 2.22. The first-order valence-electron chi connectivity index (χ1n) is 5.73. The van der Waals surface area contributed by atoms with Crippen LogP contribution in [0.3, 0.4) is 0 Å². The van der Waals surface area contributed by atoms with Crippen LogP contribution in [0.25, 0.3) is 0 Å². The summed E-state index contributed by atoms with van der Waals surface area (Å²) >= 11 is 2.01. The van der Waals surface area contributed by atoms with E-state index in [2.05, 4.69) is 24.5 Å². The topological polar surface area (TPSA) is 41.1 Å². The average Bonchev–Trinajstić information content (AvgIpc) is 2.67. The van der Waals surface area contributed by atoms with Crippen molar-refractivity contribution in [3.63, 3.8) is 0 Å². The van der Waals surface area contributed by atoms with Crippen LogP contribution in [-0.4, -0.2) is 37.0 Å². The molecule has 2 N–H and O–H groups in total. The minimum Gasteiger partial charge on any atom is -0.355 e. The van der Waals surface area contributed by atoms with Gasteiger partial charge in [-0.2, -0.15) is 11.8 Å². The Kier molecular flexibility index (Phi) is 6.10. The molecule has 0 spiro atoms. The van der Waals surface area contributed by atoms with Crippen LogP contribution < -0.4 is 10.6 Å². The van der Waals surface area contributed by atoms with Crippen LogP contribution >= 0.6 is 11.8 Å². The van der Waals surface area contributed by atoms with Gasteiger partial charge < -0.3 is 10.6 Å². The first-order chi connectivity index (χ1) is 7.18. The van der Waals surface area contributed by atoms with Crippen molar-refractivity contribution in [2.75, 3.05) is 31.1 Å². The number of nitrogens with one attached hydrogen (secondary N) is 2. The molecule has 1 aliphatic heterocycles. The summed E-state index contributed by atoms with van der Waals surface area (Å²) in [6.07, 6.45) is 1.30. The Hall–Kier alpha value is -0.220. The highest BCUT2D eigenvalue weighted by Gasteiger charge is 2.14. The van der Waals surface area contributed by atoms with Crippen LogP contribution in [0.1, 0.15) is 20.3 Å². The Balaban J connectivity index is 1.96. The van der Waals surface area contributed by atoms with Gasteiger partial charge in [-0.25, -0.2) is 0 Å². The van der Waals surface area contributed by atoms with Crippen molar-refractivity contribution < 1.29 is 4.79 Å². The Morgan fingerprint density at radius 3 is 2.93 bits per heavy atom. The van der Waals surface area contributed by atoms with E-state index in [1.807, 2.05) is 11.8 Å². The van der Waals surface area contributed by atoms with Crippen molar-refractivity contribution in [3.05, 3.63) is 0 Å². The molecule has 15 heavy (non-hydrogen) atoms. The van der Waals surface area contributed by atoms with E-state index < -0.39 is 0 Å². The third-order valence-electron chi connectivity index (χ3n) is 2.45. The third-order valence-corrected chi connectivity index (χ3v) is 3.68. The van der Waals surface area contributed by atoms with Gasteiger partial charge in [0.2, 0.25) is 5.91 Å². The third kappa shape index (κ3) is 6.05. The van der Waals surface area contributed by atoms with Crippen molar-refractivity contribution in [2.24, 2.45) is 11.8 Å². The molecule has 0 aromatic rings. The predicted molar refractivity (Wildman–Crippen MR) is 66.1 cm³/mol. The SMILES string of the molecule is CC(C)CNC(=O)CNCC1CCSC1. The van der Waals surface area contributed by atoms with Gasteiger partial charge >= 0.3 is 0 Å². The fraction of sp³-hybridized carbons (Fsp3) is 0.909. The molecule has 0 bridgehead atoms. The number of carbonyl (C=O) groups excluding carboxylic acids is 1. The maximum Gasteiger partial charge on any atom is 0.233 e. The van der Waals surface area contributed by atoms with E-state index >= 15 is 0 Å². The molecule has 4 heteroatoms. The Morgan fingerprint density at radius 1 is 1.53 bits per heavy atom. The van der Waals surface area contributed by atoms with Gasteiger partial charge in [-0.05, 0) is 36.3 Å². The summed E-state index contributed by atoms with van der Waals surface area (Å²) in [4.78, 5) is 11.3. The van der Waals surface area contributed by atoms with Gasteiger partial charge in [-0.3, -0.25) is 4.79 Å². The summed E-state index contributed by atoms with van der Waals surface area (Å²) in [6, 6.07) is 0. The molecule has 1 atom stereocenters. The summed E-state index contributed by atoms with van der Waals surface area (Å²) in [6.45, 7) is 6.43. The molecule has 1 aliphatic rings. The zero-order chi connectivity index (χ0) is 11.1. The van der Waals surface area contributed by atoms with Gasteiger partial charge in [0.05, 0.1) is 6.54 Å². The largest absolute Gasteiger partial charge is 0.355 e. The summed E-state index contributed by atoms with van der Waals surface area (Å²) < 4.78 is 0. The average molecular weight is 230 g/mol. The first-order valence-corrected chi connectivity index (χ1v) is 6.89. The highest BCUT2D eigenvalue weighted by atomic mass is 32.2. The van der Waals surface area contributed by atoms with Crippen molar-refractivity contribution in [2.45, 2.75) is 20.3 Å². The monoisotopic (exact) mass is 230 g/mol. The first kappa shape index (κ1) is 12.8. The van der Waals surface area contributed by atoms with Crippen LogP contribution in [0, 0.1) is 11.8 Å². The van der Waals surface area contributed by atoms with E-state index in [4.69, 9.17) is 0 Å². The molecule has 1 unspecified atom stereocenters. The fourth-order valence-electron chi connectivity index (χ4n) is 1.51. The lowest BCUT2D eigenvalue weighted by Gasteiger charge is -2.11. The van der Waals surface area contributed by atoms with E-state index in [-0.39, 0.29) is 5.91 Å². The molecule has 0 radical (unpaired) electrons. The Labute approximate surface area is 96.8 Å². The van der Waals surface area contributed by atoms with Crippen LogP contribution in [-0.2, 0) is 4.79 Å². The predicted octanol–water partition coefficient (Wildman–Crippen LogP) is 1.10. The number of carbonyl (C=O) groups is 1. The summed E-state index contributed by atoms with van der Waals surface area (Å²) in [5.74, 6) is 3.95. The van der Waals surface area contributed by atoms with Gasteiger partial charge in [-0.1, -0.05) is 13.8 Å². The molecule has 0 saturated carbocycles. The molecule has 0 aliphatic carbocycles. The molecule has 1 amide bonds. The second kappa shape index (κ2) is 7.12. The van der Waals surface area contributed by atoms with E-state index in [1.54, 1.807) is 0 Å². The van der Waals surface area contributed by atoms with E-state index in [0.717, 1.165) is 19.0 Å². The van der Waals surface area contributed by atoms with Gasteiger partial charge in [-0.15, -0.1) is 0 Å². The Morgan fingerprint density at radius 2 is 2.33 bits per heavy atom. The second-order valence-electron chi connectivity index (χ2n) is 4.56. The van der Waals surface area contributed by atoms with Gasteiger partial charge in [0, 0.05) is 6.54 Å². The van der Waals surface area contributed by atoms with Gasteiger partial charge in [0.25, 0.3) is 0 Å². The maximum absolute atomic E-state index is 11.3. The number of thioether (sulfide) groups is 1. The van der Waals surface area contributed by atoms with Crippen molar-refractivity contribution in [3.8, 4) is 0 Å². The summed E-state index contributed by atoms with van der Waals surface area (Å²) in [5, 5.41) is 6.13. The highest BCUT2D eigenvalue weighted by molar-refractivity contribution is 7.99. The smallest absolute Gasteiger partial charge is 0.233 e. The molecular weight excluding hydrogens is 208 g/mol. The van der Waals surface area contributed by atoms with Gasteiger partial charge in [0.1, 0.15) is 0 Å². The fourth-order valence-corrected chi connectivity index (χ4v) is 2.80. The number of hydrogen-bond acceptors (Lipinski definition) is 3. The lowest BCUT2D eigenvalue weighted by Crippen LogP contribution is -2.37. The molecule has 0 aromatic heterocycles. The zero-order valence-corrected chi connectivity index (χ0v) is 10.5. The molecule has 1 heterocycles. The molecular formula is C11H22N2OS. The lowest BCUT2D eigenvalue weighted by molar-refractivity contribution is -0.120. The Bertz CT molecular complexity index is 191. The van der Waals surface area contributed by atoms with E-state index in [0.29, 0.717) is 12.5 Å². The molecule has 1 fully saturated rings. The van der Waals surface area contributed by atoms with Crippen LogP contribution in [0.15, 0.2) is 0 Å². The zero-order valence-electron chi connectivity index (χ0n) is 9.71. The number of amides is 1. The molecule has 1 rings (SSSR count). The van der Waals surface area contributed by atoms with Crippen molar-refractivity contribution in [1.29, 1.82) is 0 Å². The van der Waals surface area contributed by atoms with E-state index in [9.17, 15) is 4.79 Å². The quantitative estimate of drug-likeness (QED) is 0.718. The molecule has 88 valence electrons.